The van der Waals surface area contributed by atoms with Crippen molar-refractivity contribution in [1.82, 2.24) is 35.9 Å². The summed E-state index contributed by atoms with van der Waals surface area (Å²) in [6.07, 6.45) is 0. The summed E-state index contributed by atoms with van der Waals surface area (Å²) in [4.78, 5) is 22.4. The van der Waals surface area contributed by atoms with E-state index in [4.69, 9.17) is 56.4 Å². The Morgan fingerprint density at radius 3 is 1.45 bits per heavy atom. The lowest BCUT2D eigenvalue weighted by atomic mass is 10.2. The summed E-state index contributed by atoms with van der Waals surface area (Å²) in [7, 11) is 1.78. The Labute approximate surface area is 200 Å². The number of nitrogens with one attached hydrogen (secondary N) is 3. The van der Waals surface area contributed by atoms with Crippen molar-refractivity contribution in [3.63, 3.8) is 0 Å². The molecule has 0 aromatic carbocycles. The fraction of sp³-hybridized carbons (Fsp3) is 0.556. The third kappa shape index (κ3) is 4.93. The maximum Gasteiger partial charge on any atom is 0.157 e. The van der Waals surface area contributed by atoms with Gasteiger partial charge in [0.2, 0.25) is 0 Å². The van der Waals surface area contributed by atoms with Gasteiger partial charge >= 0.3 is 0 Å². The lowest BCUT2D eigenvalue weighted by molar-refractivity contribution is 0.569. The first-order valence-corrected chi connectivity index (χ1v) is 11.5. The Kier molecular flexibility index (Phi) is 7.53. The van der Waals surface area contributed by atoms with Crippen molar-refractivity contribution in [2.45, 2.75) is 6.04 Å². The molecular formula is C18H23Cl4N9. The Morgan fingerprint density at radius 2 is 1.10 bits per heavy atom. The second kappa shape index (κ2) is 10.2. The molecule has 0 radical (unpaired) electrons. The third-order valence-electron chi connectivity index (χ3n) is 5.26. The molecule has 2 fully saturated rings. The number of anilines is 2. The van der Waals surface area contributed by atoms with Crippen LogP contribution in [0, 0.1) is 0 Å². The van der Waals surface area contributed by atoms with Crippen LogP contribution in [0.1, 0.15) is 17.7 Å². The molecule has 2 aromatic heterocycles. The maximum absolute atomic E-state index is 6.44. The Balaban J connectivity index is 1.73. The van der Waals surface area contributed by atoms with E-state index in [1.807, 2.05) is 0 Å². The van der Waals surface area contributed by atoms with Gasteiger partial charge in [-0.3, -0.25) is 0 Å². The number of hydrogen-bond acceptors (Lipinski definition) is 9. The van der Waals surface area contributed by atoms with Crippen LogP contribution in [-0.2, 0) is 0 Å². The van der Waals surface area contributed by atoms with Crippen LogP contribution in [0.3, 0.4) is 0 Å². The molecule has 0 saturated carbocycles. The van der Waals surface area contributed by atoms with E-state index in [-0.39, 0.29) is 10.3 Å². The Hall–Kier alpha value is -1.20. The minimum atomic E-state index is -0.548. The summed E-state index contributed by atoms with van der Waals surface area (Å²) in [6, 6.07) is -0.548. The second-order valence-corrected chi connectivity index (χ2v) is 8.69. The van der Waals surface area contributed by atoms with Gasteiger partial charge in [0, 0.05) is 52.4 Å². The van der Waals surface area contributed by atoms with Gasteiger partial charge in [0.25, 0.3) is 0 Å². The van der Waals surface area contributed by atoms with Crippen LogP contribution in [0.2, 0.25) is 20.4 Å². The number of halogens is 4. The second-order valence-electron chi connectivity index (χ2n) is 7.22. The molecule has 0 unspecified atom stereocenters. The molecule has 4 rings (SSSR count). The van der Waals surface area contributed by atoms with Crippen LogP contribution < -0.4 is 25.8 Å². The summed E-state index contributed by atoms with van der Waals surface area (Å²) in [5.41, 5.74) is 0. The van der Waals surface area contributed by atoms with Gasteiger partial charge < -0.3 is 25.8 Å². The van der Waals surface area contributed by atoms with Crippen molar-refractivity contribution in [3.05, 3.63) is 32.0 Å². The zero-order chi connectivity index (χ0) is 22.0. The molecule has 2 aromatic rings. The van der Waals surface area contributed by atoms with Gasteiger partial charge in [-0.2, -0.15) is 0 Å². The van der Waals surface area contributed by atoms with Crippen LogP contribution in [0.5, 0.6) is 0 Å². The first-order chi connectivity index (χ1) is 15.0. The smallest absolute Gasteiger partial charge is 0.157 e. The SMILES string of the molecule is CNC(c1nc(Cl)c(Cl)c(N2CCNCC2)n1)c1nc(Cl)c(Cl)c(N2CCNCC2)n1. The highest BCUT2D eigenvalue weighted by Gasteiger charge is 2.27. The highest BCUT2D eigenvalue weighted by atomic mass is 35.5. The van der Waals surface area contributed by atoms with Crippen molar-refractivity contribution >= 4 is 58.0 Å². The normalized spacial score (nSPS) is 17.5. The number of piperazine rings is 2. The summed E-state index contributed by atoms with van der Waals surface area (Å²) >= 11 is 25.6. The minimum Gasteiger partial charge on any atom is -0.353 e. The summed E-state index contributed by atoms with van der Waals surface area (Å²) in [6.45, 7) is 6.44. The molecule has 0 atom stereocenters. The van der Waals surface area contributed by atoms with Gasteiger partial charge in [0.1, 0.15) is 16.1 Å². The van der Waals surface area contributed by atoms with E-state index >= 15 is 0 Å². The van der Waals surface area contributed by atoms with Crippen molar-refractivity contribution in [1.29, 1.82) is 0 Å². The summed E-state index contributed by atoms with van der Waals surface area (Å²) in [5, 5.41) is 10.8. The largest absolute Gasteiger partial charge is 0.353 e. The van der Waals surface area contributed by atoms with Gasteiger partial charge in [-0.25, -0.2) is 19.9 Å². The first-order valence-electron chi connectivity index (χ1n) is 10.0. The van der Waals surface area contributed by atoms with E-state index in [0.29, 0.717) is 33.3 Å². The van der Waals surface area contributed by atoms with E-state index < -0.39 is 6.04 Å². The van der Waals surface area contributed by atoms with E-state index in [1.165, 1.54) is 0 Å². The number of rotatable bonds is 5. The monoisotopic (exact) mass is 505 g/mol. The molecule has 168 valence electrons. The highest BCUT2D eigenvalue weighted by Crippen LogP contribution is 2.34. The molecule has 2 saturated heterocycles. The van der Waals surface area contributed by atoms with Crippen LogP contribution in [0.4, 0.5) is 11.6 Å². The molecule has 0 amide bonds. The van der Waals surface area contributed by atoms with E-state index in [2.05, 4.69) is 35.7 Å². The molecule has 2 aliphatic heterocycles. The van der Waals surface area contributed by atoms with Crippen LogP contribution in [0.15, 0.2) is 0 Å². The molecule has 13 heteroatoms. The topological polar surface area (TPSA) is 94.1 Å². The van der Waals surface area contributed by atoms with Gasteiger partial charge in [-0.05, 0) is 7.05 Å². The van der Waals surface area contributed by atoms with Crippen molar-refractivity contribution in [2.75, 3.05) is 69.2 Å². The number of aromatic nitrogens is 4. The van der Waals surface area contributed by atoms with Crippen molar-refractivity contribution in [3.8, 4) is 0 Å². The zero-order valence-corrected chi connectivity index (χ0v) is 20.0. The molecule has 2 aliphatic rings. The van der Waals surface area contributed by atoms with Crippen molar-refractivity contribution in [2.24, 2.45) is 0 Å². The quantitative estimate of drug-likeness (QED) is 0.526. The summed E-state index contributed by atoms with van der Waals surface area (Å²) < 4.78 is 0. The Morgan fingerprint density at radius 1 is 0.710 bits per heavy atom. The van der Waals surface area contributed by atoms with E-state index in [1.54, 1.807) is 7.05 Å². The molecule has 0 bridgehead atoms. The van der Waals surface area contributed by atoms with Gasteiger partial charge in [0.15, 0.2) is 33.6 Å². The van der Waals surface area contributed by atoms with E-state index in [0.717, 1.165) is 52.4 Å². The fourth-order valence-electron chi connectivity index (χ4n) is 3.65. The molecule has 4 heterocycles. The maximum atomic E-state index is 6.44. The van der Waals surface area contributed by atoms with Crippen LogP contribution in [-0.4, -0.2) is 79.3 Å². The average molecular weight is 507 g/mol. The lowest BCUT2D eigenvalue weighted by Gasteiger charge is -2.30. The van der Waals surface area contributed by atoms with Gasteiger partial charge in [-0.1, -0.05) is 46.4 Å². The van der Waals surface area contributed by atoms with Gasteiger partial charge in [-0.15, -0.1) is 0 Å². The predicted octanol–water partition coefficient (Wildman–Crippen LogP) is 2.01. The lowest BCUT2D eigenvalue weighted by Crippen LogP contribution is -2.44. The molecule has 3 N–H and O–H groups in total. The number of nitrogens with zero attached hydrogens (tertiary/aromatic N) is 6. The molecule has 0 spiro atoms. The molecule has 9 nitrogen and oxygen atoms in total. The van der Waals surface area contributed by atoms with Crippen molar-refractivity contribution < 1.29 is 0 Å². The third-order valence-corrected chi connectivity index (χ3v) is 6.70. The molecular weight excluding hydrogens is 484 g/mol. The Bertz CT molecular complexity index is 859. The fourth-order valence-corrected chi connectivity index (χ4v) is 4.40. The van der Waals surface area contributed by atoms with Gasteiger partial charge in [0.05, 0.1) is 0 Å². The first kappa shape index (κ1) is 23.0. The molecule has 0 aliphatic carbocycles. The predicted molar refractivity (Wildman–Crippen MR) is 125 cm³/mol. The van der Waals surface area contributed by atoms with Crippen LogP contribution >= 0.6 is 46.4 Å². The van der Waals surface area contributed by atoms with E-state index in [9.17, 15) is 0 Å². The number of hydrogen-bond donors (Lipinski definition) is 3. The summed E-state index contributed by atoms with van der Waals surface area (Å²) in [5.74, 6) is 2.02. The standard InChI is InChI=1S/C18H23Cl4N9/c1-23-12(15-26-13(21)10(19)17(28-15)30-6-2-24-3-7-30)16-27-14(22)11(20)18(29-16)31-8-4-25-5-9-31/h12,23-25H,2-9H2,1H3. The highest BCUT2D eigenvalue weighted by molar-refractivity contribution is 6.43. The zero-order valence-electron chi connectivity index (χ0n) is 16.9. The van der Waals surface area contributed by atoms with Crippen LogP contribution in [0.25, 0.3) is 0 Å². The minimum absolute atomic E-state index is 0.183. The molecule has 31 heavy (non-hydrogen) atoms. The average Bonchev–Trinajstić information content (AvgIpc) is 2.80.